The maximum absolute atomic E-state index is 12.1. The summed E-state index contributed by atoms with van der Waals surface area (Å²) in [5.74, 6) is -0.860. The maximum atomic E-state index is 12.1. The van der Waals surface area contributed by atoms with Crippen LogP contribution in [0.25, 0.3) is 0 Å². The number of ether oxygens (including phenoxy) is 1. The van der Waals surface area contributed by atoms with E-state index in [-0.39, 0.29) is 24.5 Å². The van der Waals surface area contributed by atoms with Crippen molar-refractivity contribution in [2.24, 2.45) is 0 Å². The molecule has 0 aliphatic heterocycles. The summed E-state index contributed by atoms with van der Waals surface area (Å²) in [5.41, 5.74) is 2.61. The molecule has 6 nitrogen and oxygen atoms in total. The molecule has 0 bridgehead atoms. The Bertz CT molecular complexity index is 630. The zero-order chi connectivity index (χ0) is 16.5. The number of amides is 1. The van der Waals surface area contributed by atoms with E-state index in [9.17, 15) is 9.59 Å². The highest BCUT2D eigenvalue weighted by Crippen LogP contribution is 2.18. The van der Waals surface area contributed by atoms with Crippen molar-refractivity contribution in [1.29, 1.82) is 5.26 Å². The smallest absolute Gasteiger partial charge is 0.307 e. The van der Waals surface area contributed by atoms with E-state index in [0.29, 0.717) is 5.69 Å². The molecule has 2 N–H and O–H groups in total. The summed E-state index contributed by atoms with van der Waals surface area (Å²) in [6.45, 7) is 4.13. The molecule has 0 aromatic heterocycles. The second-order valence-electron chi connectivity index (χ2n) is 4.65. The molecule has 22 heavy (non-hydrogen) atoms. The molecule has 0 unspecified atom stereocenters. The molecule has 1 rings (SSSR count). The van der Waals surface area contributed by atoms with E-state index in [0.717, 1.165) is 11.1 Å². The van der Waals surface area contributed by atoms with Gasteiger partial charge < -0.3 is 15.4 Å². The molecular formula is C16H19N3O3. The molecule has 1 aromatic rings. The number of carbonyl (C=O) groups excluding carboxylic acids is 2. The van der Waals surface area contributed by atoms with Gasteiger partial charge >= 0.3 is 5.97 Å². The van der Waals surface area contributed by atoms with Crippen LogP contribution in [0.4, 0.5) is 5.69 Å². The van der Waals surface area contributed by atoms with Crippen molar-refractivity contribution in [2.75, 3.05) is 19.0 Å². The number of hydrogen-bond donors (Lipinski definition) is 2. The first-order chi connectivity index (χ1) is 10.5. The summed E-state index contributed by atoms with van der Waals surface area (Å²) < 4.78 is 4.49. The number of nitrogens with one attached hydrogen (secondary N) is 2. The summed E-state index contributed by atoms with van der Waals surface area (Å²) in [4.78, 5) is 23.0. The molecule has 1 amide bonds. The molecule has 0 spiro atoms. The highest BCUT2D eigenvalue weighted by Gasteiger charge is 2.11. The summed E-state index contributed by atoms with van der Waals surface area (Å²) >= 11 is 0. The monoisotopic (exact) mass is 301 g/mol. The first-order valence-corrected chi connectivity index (χ1v) is 6.77. The number of benzene rings is 1. The van der Waals surface area contributed by atoms with E-state index in [1.165, 1.54) is 13.3 Å². The van der Waals surface area contributed by atoms with E-state index >= 15 is 0 Å². The van der Waals surface area contributed by atoms with Crippen LogP contribution in [0.2, 0.25) is 0 Å². The predicted octanol–water partition coefficient (Wildman–Crippen LogP) is 1.80. The van der Waals surface area contributed by atoms with Crippen LogP contribution < -0.4 is 10.6 Å². The van der Waals surface area contributed by atoms with Crippen LogP contribution in [-0.4, -0.2) is 25.5 Å². The molecule has 0 saturated carbocycles. The minimum Gasteiger partial charge on any atom is -0.469 e. The molecule has 0 radical (unpaired) electrons. The van der Waals surface area contributed by atoms with Gasteiger partial charge in [0.15, 0.2) is 0 Å². The van der Waals surface area contributed by atoms with Crippen LogP contribution in [0.3, 0.4) is 0 Å². The highest BCUT2D eigenvalue weighted by atomic mass is 16.5. The second kappa shape index (κ2) is 8.47. The number of carbonyl (C=O) groups is 2. The van der Waals surface area contributed by atoms with Gasteiger partial charge in [-0.05, 0) is 31.0 Å². The Morgan fingerprint density at radius 3 is 2.73 bits per heavy atom. The normalized spacial score (nSPS) is 10.5. The fraction of sp³-hybridized carbons (Fsp3) is 0.312. The zero-order valence-electron chi connectivity index (χ0n) is 12.9. The molecule has 0 heterocycles. The standard InChI is InChI=1S/C16H19N3O3/c1-11-5-4-6-14(12(11)2)19-16(21)13(9-17)10-18-8-7-15(20)22-3/h4-6,10,18H,7-8H2,1-3H3,(H,19,21)/b13-10-. The van der Waals surface area contributed by atoms with E-state index in [4.69, 9.17) is 5.26 Å². The lowest BCUT2D eigenvalue weighted by Crippen LogP contribution is -2.19. The Hall–Kier alpha value is -2.81. The Kier molecular flexibility index (Phi) is 6.64. The number of esters is 1. The van der Waals surface area contributed by atoms with Gasteiger partial charge in [-0.3, -0.25) is 9.59 Å². The Labute approximate surface area is 129 Å². The van der Waals surface area contributed by atoms with E-state index in [1.807, 2.05) is 32.0 Å². The molecule has 116 valence electrons. The molecule has 0 fully saturated rings. The fourth-order valence-corrected chi connectivity index (χ4v) is 1.68. The first-order valence-electron chi connectivity index (χ1n) is 6.77. The van der Waals surface area contributed by atoms with Crippen molar-refractivity contribution in [3.8, 4) is 6.07 Å². The second-order valence-corrected chi connectivity index (χ2v) is 4.65. The van der Waals surface area contributed by atoms with Crippen LogP contribution in [0.15, 0.2) is 30.0 Å². The Morgan fingerprint density at radius 2 is 2.09 bits per heavy atom. The molecule has 1 aromatic carbocycles. The Morgan fingerprint density at radius 1 is 1.36 bits per heavy atom. The van der Waals surface area contributed by atoms with Gasteiger partial charge in [-0.2, -0.15) is 5.26 Å². The van der Waals surface area contributed by atoms with E-state index < -0.39 is 5.91 Å². The number of nitrogens with zero attached hydrogens (tertiary/aromatic N) is 1. The fourth-order valence-electron chi connectivity index (χ4n) is 1.68. The average Bonchev–Trinajstić information content (AvgIpc) is 2.51. The van der Waals surface area contributed by atoms with Gasteiger partial charge in [0.25, 0.3) is 5.91 Å². The van der Waals surface area contributed by atoms with E-state index in [1.54, 1.807) is 6.07 Å². The minimum absolute atomic E-state index is 0.0641. The largest absolute Gasteiger partial charge is 0.469 e. The predicted molar refractivity (Wildman–Crippen MR) is 82.9 cm³/mol. The number of nitriles is 1. The maximum Gasteiger partial charge on any atom is 0.307 e. The van der Waals surface area contributed by atoms with Gasteiger partial charge in [-0.1, -0.05) is 12.1 Å². The van der Waals surface area contributed by atoms with Gasteiger partial charge in [-0.15, -0.1) is 0 Å². The van der Waals surface area contributed by atoms with Gasteiger partial charge in [-0.25, -0.2) is 0 Å². The molecular weight excluding hydrogens is 282 g/mol. The summed E-state index contributed by atoms with van der Waals surface area (Å²) in [6.07, 6.45) is 1.45. The van der Waals surface area contributed by atoms with Gasteiger partial charge in [0, 0.05) is 18.4 Å². The van der Waals surface area contributed by atoms with Crippen LogP contribution in [-0.2, 0) is 14.3 Å². The lowest BCUT2D eigenvalue weighted by molar-refractivity contribution is -0.140. The topological polar surface area (TPSA) is 91.2 Å². The Balaban J connectivity index is 2.67. The summed E-state index contributed by atoms with van der Waals surface area (Å²) in [6, 6.07) is 7.39. The van der Waals surface area contributed by atoms with Crippen LogP contribution in [0.5, 0.6) is 0 Å². The quantitative estimate of drug-likeness (QED) is 0.362. The molecule has 6 heteroatoms. The third-order valence-electron chi connectivity index (χ3n) is 3.17. The van der Waals surface area contributed by atoms with Crippen LogP contribution >= 0.6 is 0 Å². The highest BCUT2D eigenvalue weighted by molar-refractivity contribution is 6.06. The summed E-state index contributed by atoms with van der Waals surface area (Å²) in [5, 5.41) is 14.5. The number of rotatable bonds is 6. The van der Waals surface area contributed by atoms with Crippen molar-refractivity contribution in [1.82, 2.24) is 5.32 Å². The molecule has 0 aliphatic rings. The minimum atomic E-state index is -0.498. The van der Waals surface area contributed by atoms with Gasteiger partial charge in [0.2, 0.25) is 0 Å². The molecule has 0 atom stereocenters. The first kappa shape index (κ1) is 17.2. The van der Waals surface area contributed by atoms with Gasteiger partial charge in [0.05, 0.1) is 13.5 Å². The third kappa shape index (κ3) is 4.94. The average molecular weight is 301 g/mol. The SMILES string of the molecule is COC(=O)CCN/C=C(/C#N)C(=O)Nc1cccc(C)c1C. The van der Waals surface area contributed by atoms with Crippen LogP contribution in [0, 0.1) is 25.2 Å². The lowest BCUT2D eigenvalue weighted by atomic mass is 10.1. The van der Waals surface area contributed by atoms with Crippen molar-refractivity contribution < 1.29 is 14.3 Å². The van der Waals surface area contributed by atoms with Crippen molar-refractivity contribution in [2.45, 2.75) is 20.3 Å². The number of hydrogen-bond acceptors (Lipinski definition) is 5. The van der Waals surface area contributed by atoms with Crippen LogP contribution in [0.1, 0.15) is 17.5 Å². The molecule has 0 saturated heterocycles. The van der Waals surface area contributed by atoms with Crippen molar-refractivity contribution in [3.63, 3.8) is 0 Å². The number of anilines is 1. The summed E-state index contributed by atoms with van der Waals surface area (Å²) in [7, 11) is 1.30. The van der Waals surface area contributed by atoms with E-state index in [2.05, 4.69) is 15.4 Å². The lowest BCUT2D eigenvalue weighted by Gasteiger charge is -2.10. The van der Waals surface area contributed by atoms with Crippen molar-refractivity contribution >= 4 is 17.6 Å². The number of methoxy groups -OCH3 is 1. The molecule has 0 aliphatic carbocycles. The third-order valence-corrected chi connectivity index (χ3v) is 3.17. The number of aryl methyl sites for hydroxylation is 1. The zero-order valence-corrected chi connectivity index (χ0v) is 12.9. The van der Waals surface area contributed by atoms with Crippen molar-refractivity contribution in [3.05, 3.63) is 41.1 Å². The van der Waals surface area contributed by atoms with Gasteiger partial charge in [0.1, 0.15) is 11.6 Å².